The van der Waals surface area contributed by atoms with E-state index in [9.17, 15) is 9.90 Å². The fraction of sp³-hybridized carbons (Fsp3) is 0.417. The minimum atomic E-state index is -0.683. The van der Waals surface area contributed by atoms with Crippen molar-refractivity contribution in [3.63, 3.8) is 0 Å². The number of carbonyl (C=O) groups is 1. The normalized spacial score (nSPS) is 12.2. The Balaban J connectivity index is 2.62. The standard InChI is InChI=1S/C12H15ClO3/c1-8-3-4-9(7-10(8)13)11(14)5-6-12(15)16-2/h3-4,7,11,14H,5-6H2,1-2H3. The average molecular weight is 243 g/mol. The van der Waals surface area contributed by atoms with Crippen molar-refractivity contribution in [2.75, 3.05) is 7.11 Å². The van der Waals surface area contributed by atoms with Crippen molar-refractivity contribution in [1.82, 2.24) is 0 Å². The number of aryl methyl sites for hydroxylation is 1. The van der Waals surface area contributed by atoms with Crippen LogP contribution in [0.2, 0.25) is 5.02 Å². The Bertz CT molecular complexity index is 377. The molecular weight excluding hydrogens is 228 g/mol. The van der Waals surface area contributed by atoms with Crippen molar-refractivity contribution < 1.29 is 14.6 Å². The summed E-state index contributed by atoms with van der Waals surface area (Å²) in [5.41, 5.74) is 1.69. The molecule has 0 spiro atoms. The van der Waals surface area contributed by atoms with Crippen molar-refractivity contribution >= 4 is 17.6 Å². The van der Waals surface area contributed by atoms with E-state index in [0.717, 1.165) is 11.1 Å². The van der Waals surface area contributed by atoms with Gasteiger partial charge in [0, 0.05) is 11.4 Å². The Labute approximate surface area is 100.0 Å². The highest BCUT2D eigenvalue weighted by atomic mass is 35.5. The third-order valence-corrected chi connectivity index (χ3v) is 2.84. The van der Waals surface area contributed by atoms with E-state index in [-0.39, 0.29) is 12.4 Å². The zero-order valence-corrected chi connectivity index (χ0v) is 10.1. The van der Waals surface area contributed by atoms with E-state index in [1.165, 1.54) is 7.11 Å². The Morgan fingerprint density at radius 2 is 2.25 bits per heavy atom. The summed E-state index contributed by atoms with van der Waals surface area (Å²) in [4.78, 5) is 10.9. The number of hydrogen-bond acceptors (Lipinski definition) is 3. The number of rotatable bonds is 4. The van der Waals surface area contributed by atoms with Crippen LogP contribution in [0, 0.1) is 6.92 Å². The summed E-state index contributed by atoms with van der Waals surface area (Å²) >= 11 is 5.95. The van der Waals surface area contributed by atoms with Gasteiger partial charge < -0.3 is 9.84 Å². The van der Waals surface area contributed by atoms with Crippen LogP contribution in [0.1, 0.15) is 30.1 Å². The van der Waals surface area contributed by atoms with Gasteiger partial charge in [0.15, 0.2) is 0 Å². The smallest absolute Gasteiger partial charge is 0.305 e. The molecule has 0 aliphatic heterocycles. The molecule has 3 nitrogen and oxygen atoms in total. The third-order valence-electron chi connectivity index (χ3n) is 2.43. The largest absolute Gasteiger partial charge is 0.469 e. The fourth-order valence-electron chi connectivity index (χ4n) is 1.34. The second-order valence-electron chi connectivity index (χ2n) is 3.64. The number of methoxy groups -OCH3 is 1. The van der Waals surface area contributed by atoms with Gasteiger partial charge in [-0.25, -0.2) is 0 Å². The lowest BCUT2D eigenvalue weighted by Gasteiger charge is -2.11. The molecule has 1 N–H and O–H groups in total. The molecule has 0 saturated carbocycles. The summed E-state index contributed by atoms with van der Waals surface area (Å²) in [5.74, 6) is -0.322. The van der Waals surface area contributed by atoms with Gasteiger partial charge in [-0.1, -0.05) is 23.7 Å². The summed E-state index contributed by atoms with van der Waals surface area (Å²) in [5, 5.41) is 10.4. The van der Waals surface area contributed by atoms with Crippen LogP contribution in [0.15, 0.2) is 18.2 Å². The molecule has 0 amide bonds. The topological polar surface area (TPSA) is 46.5 Å². The van der Waals surface area contributed by atoms with E-state index in [4.69, 9.17) is 11.6 Å². The van der Waals surface area contributed by atoms with Crippen molar-refractivity contribution in [3.8, 4) is 0 Å². The number of esters is 1. The van der Waals surface area contributed by atoms with Crippen LogP contribution < -0.4 is 0 Å². The van der Waals surface area contributed by atoms with Gasteiger partial charge in [0.25, 0.3) is 0 Å². The predicted molar refractivity (Wildman–Crippen MR) is 62.4 cm³/mol. The Morgan fingerprint density at radius 1 is 1.56 bits per heavy atom. The Kier molecular flexibility index (Phi) is 4.77. The first-order valence-electron chi connectivity index (χ1n) is 5.05. The molecule has 1 rings (SSSR count). The number of hydrogen-bond donors (Lipinski definition) is 1. The highest BCUT2D eigenvalue weighted by Crippen LogP contribution is 2.24. The molecule has 0 aromatic heterocycles. The van der Waals surface area contributed by atoms with Gasteiger partial charge in [-0.2, -0.15) is 0 Å². The highest BCUT2D eigenvalue weighted by molar-refractivity contribution is 6.31. The van der Waals surface area contributed by atoms with Crippen LogP contribution in [0.5, 0.6) is 0 Å². The number of benzene rings is 1. The first-order valence-corrected chi connectivity index (χ1v) is 5.43. The van der Waals surface area contributed by atoms with Crippen molar-refractivity contribution in [2.45, 2.75) is 25.9 Å². The lowest BCUT2D eigenvalue weighted by Crippen LogP contribution is -2.05. The van der Waals surface area contributed by atoms with Crippen molar-refractivity contribution in [2.24, 2.45) is 0 Å². The van der Waals surface area contributed by atoms with E-state index in [0.29, 0.717) is 11.4 Å². The molecule has 0 aliphatic rings. The minimum Gasteiger partial charge on any atom is -0.469 e. The maximum Gasteiger partial charge on any atom is 0.305 e. The van der Waals surface area contributed by atoms with Crippen LogP contribution in [-0.4, -0.2) is 18.2 Å². The van der Waals surface area contributed by atoms with E-state index in [2.05, 4.69) is 4.74 Å². The SMILES string of the molecule is COC(=O)CCC(O)c1ccc(C)c(Cl)c1. The van der Waals surface area contributed by atoms with E-state index in [1.807, 2.05) is 19.1 Å². The van der Waals surface area contributed by atoms with Gasteiger partial charge in [0.2, 0.25) is 0 Å². The van der Waals surface area contributed by atoms with Gasteiger partial charge >= 0.3 is 5.97 Å². The first-order chi connectivity index (χ1) is 7.54. The van der Waals surface area contributed by atoms with Crippen molar-refractivity contribution in [1.29, 1.82) is 0 Å². The molecule has 0 fully saturated rings. The highest BCUT2D eigenvalue weighted by Gasteiger charge is 2.11. The maximum absolute atomic E-state index is 10.9. The van der Waals surface area contributed by atoms with Gasteiger partial charge in [0.1, 0.15) is 0 Å². The molecule has 0 aliphatic carbocycles. The van der Waals surface area contributed by atoms with E-state index in [1.54, 1.807) is 6.07 Å². The molecular formula is C12H15ClO3. The van der Waals surface area contributed by atoms with Crippen molar-refractivity contribution in [3.05, 3.63) is 34.3 Å². The fourth-order valence-corrected chi connectivity index (χ4v) is 1.53. The van der Waals surface area contributed by atoms with E-state index < -0.39 is 6.10 Å². The zero-order chi connectivity index (χ0) is 12.1. The predicted octanol–water partition coefficient (Wildman–Crippen LogP) is 2.64. The quantitative estimate of drug-likeness (QED) is 0.826. The monoisotopic (exact) mass is 242 g/mol. The average Bonchev–Trinajstić information content (AvgIpc) is 2.29. The van der Waals surface area contributed by atoms with Gasteiger partial charge in [-0.05, 0) is 30.5 Å². The van der Waals surface area contributed by atoms with Crippen LogP contribution in [0.3, 0.4) is 0 Å². The van der Waals surface area contributed by atoms with E-state index >= 15 is 0 Å². The molecule has 1 atom stereocenters. The van der Waals surface area contributed by atoms with Gasteiger partial charge in [0.05, 0.1) is 13.2 Å². The Morgan fingerprint density at radius 3 is 2.81 bits per heavy atom. The molecule has 0 saturated heterocycles. The van der Waals surface area contributed by atoms with Crippen LogP contribution >= 0.6 is 11.6 Å². The maximum atomic E-state index is 10.9. The second kappa shape index (κ2) is 5.87. The summed E-state index contributed by atoms with van der Waals surface area (Å²) < 4.78 is 4.50. The summed E-state index contributed by atoms with van der Waals surface area (Å²) in [7, 11) is 1.33. The van der Waals surface area contributed by atoms with Gasteiger partial charge in [-0.3, -0.25) is 4.79 Å². The Hall–Kier alpha value is -1.06. The molecule has 1 aromatic carbocycles. The number of ether oxygens (including phenoxy) is 1. The molecule has 16 heavy (non-hydrogen) atoms. The van der Waals surface area contributed by atoms with Crippen LogP contribution in [0.25, 0.3) is 0 Å². The minimum absolute atomic E-state index is 0.198. The first kappa shape index (κ1) is 13.0. The molecule has 88 valence electrons. The molecule has 0 bridgehead atoms. The summed E-state index contributed by atoms with van der Waals surface area (Å²) in [6.45, 7) is 1.90. The molecule has 0 radical (unpaired) electrons. The molecule has 4 heteroatoms. The number of carbonyl (C=O) groups excluding carboxylic acids is 1. The number of aliphatic hydroxyl groups is 1. The summed E-state index contributed by atoms with van der Waals surface area (Å²) in [6.07, 6.45) is -0.146. The number of aliphatic hydroxyl groups excluding tert-OH is 1. The third kappa shape index (κ3) is 3.51. The molecule has 0 heterocycles. The van der Waals surface area contributed by atoms with Gasteiger partial charge in [-0.15, -0.1) is 0 Å². The number of halogens is 1. The molecule has 1 unspecified atom stereocenters. The lowest BCUT2D eigenvalue weighted by molar-refractivity contribution is -0.141. The lowest BCUT2D eigenvalue weighted by atomic mass is 10.0. The summed E-state index contributed by atoms with van der Waals surface area (Å²) in [6, 6.07) is 5.38. The van der Waals surface area contributed by atoms with Crippen LogP contribution in [0.4, 0.5) is 0 Å². The van der Waals surface area contributed by atoms with Crippen LogP contribution in [-0.2, 0) is 9.53 Å². The second-order valence-corrected chi connectivity index (χ2v) is 4.05. The molecule has 1 aromatic rings. The zero-order valence-electron chi connectivity index (χ0n) is 9.37.